The molecule has 0 saturated carbocycles. The monoisotopic (exact) mass is 178 g/mol. The Morgan fingerprint density at radius 1 is 1.50 bits per heavy atom. The van der Waals surface area contributed by atoms with Crippen LogP contribution in [0.1, 0.15) is 5.56 Å². The molecule has 0 aliphatic carbocycles. The molecule has 3 nitrogen and oxygen atoms in total. The maximum absolute atomic E-state index is 8.67. The van der Waals surface area contributed by atoms with Crippen LogP contribution >= 0.6 is 11.6 Å². The van der Waals surface area contributed by atoms with E-state index in [0.717, 1.165) is 0 Å². The van der Waals surface area contributed by atoms with E-state index in [1.165, 1.54) is 0 Å². The van der Waals surface area contributed by atoms with Crippen molar-refractivity contribution in [1.82, 2.24) is 4.98 Å². The number of rotatable bonds is 0. The molecule has 0 saturated heterocycles. The smallest absolute Gasteiger partial charge is 0.293 e. The number of aromatic nitrogens is 1. The van der Waals surface area contributed by atoms with Crippen molar-refractivity contribution in [2.45, 2.75) is 0 Å². The van der Waals surface area contributed by atoms with Gasteiger partial charge in [-0.2, -0.15) is 10.2 Å². The Kier molecular flexibility index (Phi) is 1.49. The van der Waals surface area contributed by atoms with Crippen molar-refractivity contribution in [3.8, 4) is 6.07 Å². The molecule has 2 rings (SSSR count). The molecule has 1 aromatic carbocycles. The van der Waals surface area contributed by atoms with Crippen LogP contribution < -0.4 is 0 Å². The Labute approximate surface area is 73.2 Å². The van der Waals surface area contributed by atoms with Crippen molar-refractivity contribution in [2.24, 2.45) is 0 Å². The summed E-state index contributed by atoms with van der Waals surface area (Å²) in [6.07, 6.45) is 0. The second-order valence-electron chi connectivity index (χ2n) is 2.23. The van der Waals surface area contributed by atoms with Gasteiger partial charge in [-0.1, -0.05) is 6.07 Å². The summed E-state index contributed by atoms with van der Waals surface area (Å²) in [7, 11) is 0. The molecule has 0 fully saturated rings. The molecule has 0 bridgehead atoms. The Morgan fingerprint density at radius 3 is 3.08 bits per heavy atom. The van der Waals surface area contributed by atoms with Gasteiger partial charge in [-0.3, -0.25) is 0 Å². The summed E-state index contributed by atoms with van der Waals surface area (Å²) in [5, 5.41) is 8.73. The highest BCUT2D eigenvalue weighted by molar-refractivity contribution is 6.28. The van der Waals surface area contributed by atoms with Crippen LogP contribution in [0.15, 0.2) is 22.6 Å². The zero-order valence-corrected chi connectivity index (χ0v) is 6.67. The highest BCUT2D eigenvalue weighted by Crippen LogP contribution is 2.21. The first-order valence-electron chi connectivity index (χ1n) is 3.26. The molecule has 2 aromatic rings. The van der Waals surface area contributed by atoms with Gasteiger partial charge in [0, 0.05) is 0 Å². The van der Waals surface area contributed by atoms with Gasteiger partial charge in [-0.05, 0) is 23.7 Å². The molecule has 1 heterocycles. The van der Waals surface area contributed by atoms with E-state index >= 15 is 0 Å². The molecular formula is C8H3ClN2O. The number of nitrogens with zero attached hydrogens (tertiary/aromatic N) is 2. The van der Waals surface area contributed by atoms with Crippen molar-refractivity contribution >= 4 is 22.7 Å². The highest BCUT2D eigenvalue weighted by atomic mass is 35.5. The summed E-state index contributed by atoms with van der Waals surface area (Å²) >= 11 is 5.52. The third-order valence-corrected chi connectivity index (χ3v) is 1.68. The first-order chi connectivity index (χ1) is 5.81. The number of para-hydroxylation sites is 1. The van der Waals surface area contributed by atoms with Gasteiger partial charge in [0.05, 0.1) is 5.56 Å². The molecule has 0 spiro atoms. The lowest BCUT2D eigenvalue weighted by atomic mass is 10.2. The molecule has 0 radical (unpaired) electrons. The standard InChI is InChI=1S/C8H3ClN2O/c9-8-11-7-5(4-10)2-1-3-6(7)12-8/h1-3H. The summed E-state index contributed by atoms with van der Waals surface area (Å²) < 4.78 is 5.01. The van der Waals surface area contributed by atoms with Gasteiger partial charge < -0.3 is 4.42 Å². The van der Waals surface area contributed by atoms with Crippen molar-refractivity contribution in [1.29, 1.82) is 5.26 Å². The van der Waals surface area contributed by atoms with E-state index in [4.69, 9.17) is 21.3 Å². The highest BCUT2D eigenvalue weighted by Gasteiger charge is 2.06. The topological polar surface area (TPSA) is 49.8 Å². The molecule has 12 heavy (non-hydrogen) atoms. The minimum absolute atomic E-state index is 0.0627. The maximum atomic E-state index is 8.67. The molecule has 0 unspecified atom stereocenters. The Bertz CT molecular complexity index is 469. The lowest BCUT2D eigenvalue weighted by Gasteiger charge is -1.86. The van der Waals surface area contributed by atoms with Gasteiger partial charge in [0.15, 0.2) is 5.58 Å². The van der Waals surface area contributed by atoms with Crippen molar-refractivity contribution < 1.29 is 4.42 Å². The predicted octanol–water partition coefficient (Wildman–Crippen LogP) is 2.35. The first kappa shape index (κ1) is 7.14. The fourth-order valence-corrected chi connectivity index (χ4v) is 1.18. The predicted molar refractivity (Wildman–Crippen MR) is 43.7 cm³/mol. The average Bonchev–Trinajstić information content (AvgIpc) is 2.44. The summed E-state index contributed by atoms with van der Waals surface area (Å²) in [5.74, 6) is 0. The second-order valence-corrected chi connectivity index (χ2v) is 2.55. The van der Waals surface area contributed by atoms with Crippen molar-refractivity contribution in [2.75, 3.05) is 0 Å². The van der Waals surface area contributed by atoms with Gasteiger partial charge in [-0.15, -0.1) is 0 Å². The largest absolute Gasteiger partial charge is 0.428 e. The van der Waals surface area contributed by atoms with Crippen LogP contribution in [-0.4, -0.2) is 4.98 Å². The van der Waals surface area contributed by atoms with Crippen LogP contribution in [0, 0.1) is 11.3 Å². The normalized spacial score (nSPS) is 10.0. The molecule has 0 amide bonds. The Hall–Kier alpha value is -1.53. The van der Waals surface area contributed by atoms with E-state index in [1.807, 2.05) is 6.07 Å². The quantitative estimate of drug-likeness (QED) is 0.622. The third-order valence-electron chi connectivity index (χ3n) is 1.51. The SMILES string of the molecule is N#Cc1cccc2oc(Cl)nc12. The molecule has 0 aliphatic rings. The summed E-state index contributed by atoms with van der Waals surface area (Å²) in [4.78, 5) is 3.86. The Morgan fingerprint density at radius 2 is 2.33 bits per heavy atom. The molecule has 0 atom stereocenters. The number of benzene rings is 1. The fraction of sp³-hybridized carbons (Fsp3) is 0. The minimum atomic E-state index is 0.0627. The summed E-state index contributed by atoms with van der Waals surface area (Å²) in [6, 6.07) is 7.11. The van der Waals surface area contributed by atoms with Gasteiger partial charge in [0.25, 0.3) is 5.35 Å². The Balaban J connectivity index is 2.89. The van der Waals surface area contributed by atoms with Crippen LogP contribution in [0.2, 0.25) is 5.35 Å². The third kappa shape index (κ3) is 0.936. The fourth-order valence-electron chi connectivity index (χ4n) is 1.01. The van der Waals surface area contributed by atoms with Gasteiger partial charge >= 0.3 is 0 Å². The first-order valence-corrected chi connectivity index (χ1v) is 3.64. The molecule has 58 valence electrons. The molecule has 0 N–H and O–H groups in total. The lowest BCUT2D eigenvalue weighted by Crippen LogP contribution is -1.75. The number of hydrogen-bond acceptors (Lipinski definition) is 3. The lowest BCUT2D eigenvalue weighted by molar-refractivity contribution is 0.604. The summed E-state index contributed by atoms with van der Waals surface area (Å²) in [6.45, 7) is 0. The average molecular weight is 179 g/mol. The van der Waals surface area contributed by atoms with E-state index in [0.29, 0.717) is 16.7 Å². The molecular weight excluding hydrogens is 176 g/mol. The number of hydrogen-bond donors (Lipinski definition) is 0. The van der Waals surface area contributed by atoms with E-state index < -0.39 is 0 Å². The van der Waals surface area contributed by atoms with E-state index in [1.54, 1.807) is 18.2 Å². The van der Waals surface area contributed by atoms with E-state index in [9.17, 15) is 0 Å². The van der Waals surface area contributed by atoms with Crippen LogP contribution in [0.4, 0.5) is 0 Å². The maximum Gasteiger partial charge on any atom is 0.293 e. The second kappa shape index (κ2) is 2.50. The number of nitriles is 1. The molecule has 0 aliphatic heterocycles. The van der Waals surface area contributed by atoms with Gasteiger partial charge in [0.1, 0.15) is 11.6 Å². The summed E-state index contributed by atoms with van der Waals surface area (Å²) in [5.41, 5.74) is 1.53. The van der Waals surface area contributed by atoms with Crippen LogP contribution in [0.5, 0.6) is 0 Å². The number of fused-ring (bicyclic) bond motifs is 1. The van der Waals surface area contributed by atoms with E-state index in [-0.39, 0.29) is 5.35 Å². The zero-order valence-electron chi connectivity index (χ0n) is 5.91. The minimum Gasteiger partial charge on any atom is -0.428 e. The molecule has 4 heteroatoms. The van der Waals surface area contributed by atoms with Crippen LogP contribution in [-0.2, 0) is 0 Å². The number of oxazole rings is 1. The van der Waals surface area contributed by atoms with Crippen LogP contribution in [0.3, 0.4) is 0 Å². The van der Waals surface area contributed by atoms with Gasteiger partial charge in [-0.25, -0.2) is 0 Å². The van der Waals surface area contributed by atoms with Crippen molar-refractivity contribution in [3.63, 3.8) is 0 Å². The molecule has 1 aromatic heterocycles. The van der Waals surface area contributed by atoms with Crippen LogP contribution in [0.25, 0.3) is 11.1 Å². The van der Waals surface area contributed by atoms with Crippen molar-refractivity contribution in [3.05, 3.63) is 29.1 Å². The number of halogens is 1. The zero-order chi connectivity index (χ0) is 8.55. The van der Waals surface area contributed by atoms with Gasteiger partial charge in [0.2, 0.25) is 0 Å². The van der Waals surface area contributed by atoms with E-state index in [2.05, 4.69) is 4.98 Å².